The van der Waals surface area contributed by atoms with Crippen molar-refractivity contribution < 1.29 is 13.2 Å². The van der Waals surface area contributed by atoms with Crippen LogP contribution in [0.4, 0.5) is 5.69 Å². The minimum atomic E-state index is -3.40. The van der Waals surface area contributed by atoms with E-state index in [0.717, 1.165) is 59.3 Å². The molecule has 0 amide bonds. The maximum Gasteiger partial charge on any atom is 0.227 e. The molecule has 11 heteroatoms. The van der Waals surface area contributed by atoms with Gasteiger partial charge in [-0.25, -0.2) is 17.7 Å². The van der Waals surface area contributed by atoms with Gasteiger partial charge in [0.25, 0.3) is 0 Å². The summed E-state index contributed by atoms with van der Waals surface area (Å²) < 4.78 is 34.3. The van der Waals surface area contributed by atoms with Crippen LogP contribution in [-0.4, -0.2) is 84.3 Å². The zero-order valence-corrected chi connectivity index (χ0v) is 22.7. The number of nitrogens with zero attached hydrogens (tertiary/aromatic N) is 5. The Morgan fingerprint density at radius 1 is 1.03 bits per heavy atom. The van der Waals surface area contributed by atoms with Crippen LogP contribution in [-0.2, 0) is 10.0 Å². The highest BCUT2D eigenvalue weighted by Crippen LogP contribution is 2.32. The minimum Gasteiger partial charge on any atom is -0.493 e. The van der Waals surface area contributed by atoms with Crippen LogP contribution in [0.2, 0.25) is 5.02 Å². The largest absolute Gasteiger partial charge is 0.493 e. The van der Waals surface area contributed by atoms with Gasteiger partial charge in [0, 0.05) is 79.1 Å². The number of ether oxygens (including phenoxy) is 1. The number of benzene rings is 1. The predicted octanol–water partition coefficient (Wildman–Crippen LogP) is 3.96. The van der Waals surface area contributed by atoms with E-state index >= 15 is 0 Å². The fourth-order valence-electron chi connectivity index (χ4n) is 5.49. The number of halogens is 1. The number of hydrogen-bond donors (Lipinski definition) is 1. The molecule has 0 saturated carbocycles. The second kappa shape index (κ2) is 10.7. The maximum absolute atomic E-state index is 13.4. The van der Waals surface area contributed by atoms with Gasteiger partial charge in [0.2, 0.25) is 10.0 Å². The molecule has 1 N–H and O–H groups in total. The molecule has 0 aliphatic carbocycles. The second-order valence-electron chi connectivity index (χ2n) is 10.1. The third kappa shape index (κ3) is 5.31. The van der Waals surface area contributed by atoms with E-state index in [1.807, 2.05) is 36.7 Å². The van der Waals surface area contributed by atoms with Gasteiger partial charge in [-0.2, -0.15) is 0 Å². The van der Waals surface area contributed by atoms with Crippen LogP contribution < -0.4 is 9.64 Å². The molecule has 1 atom stereocenters. The van der Waals surface area contributed by atoms with Crippen molar-refractivity contribution in [1.82, 2.24) is 24.2 Å². The molecule has 4 aromatic rings. The Morgan fingerprint density at radius 3 is 2.66 bits per heavy atom. The van der Waals surface area contributed by atoms with Gasteiger partial charge >= 0.3 is 0 Å². The second-order valence-corrected chi connectivity index (χ2v) is 12.4. The van der Waals surface area contributed by atoms with Crippen molar-refractivity contribution in [2.45, 2.75) is 12.8 Å². The van der Waals surface area contributed by atoms with Crippen molar-refractivity contribution in [3.05, 3.63) is 60.0 Å². The van der Waals surface area contributed by atoms with E-state index in [1.54, 1.807) is 22.6 Å². The molecule has 1 unspecified atom stereocenters. The lowest BCUT2D eigenvalue weighted by Crippen LogP contribution is -2.51. The number of fused-ring (bicyclic) bond motifs is 3. The summed E-state index contributed by atoms with van der Waals surface area (Å²) in [6.07, 6.45) is 7.32. The first-order chi connectivity index (χ1) is 18.5. The van der Waals surface area contributed by atoms with Crippen LogP contribution in [0.25, 0.3) is 21.9 Å². The maximum atomic E-state index is 13.4. The summed E-state index contributed by atoms with van der Waals surface area (Å²) in [5, 5.41) is 2.80. The zero-order chi connectivity index (χ0) is 26.1. The summed E-state index contributed by atoms with van der Waals surface area (Å²) in [6.45, 7) is 4.43. The molecular weight excluding hydrogens is 524 g/mol. The van der Waals surface area contributed by atoms with Gasteiger partial charge < -0.3 is 14.6 Å². The van der Waals surface area contributed by atoms with E-state index in [2.05, 4.69) is 24.8 Å². The lowest BCUT2D eigenvalue weighted by atomic mass is 10.0. The molecule has 38 heavy (non-hydrogen) atoms. The van der Waals surface area contributed by atoms with Gasteiger partial charge in [-0.3, -0.25) is 9.88 Å². The van der Waals surface area contributed by atoms with Crippen LogP contribution in [0, 0.1) is 5.92 Å². The third-order valence-corrected chi connectivity index (χ3v) is 9.56. The van der Waals surface area contributed by atoms with E-state index in [0.29, 0.717) is 37.8 Å². The molecule has 6 rings (SSSR count). The average Bonchev–Trinajstić information content (AvgIpc) is 3.42. The number of piperazine rings is 1. The van der Waals surface area contributed by atoms with Crippen molar-refractivity contribution in [3.63, 3.8) is 0 Å². The summed E-state index contributed by atoms with van der Waals surface area (Å²) in [5.74, 6) is 0.975. The van der Waals surface area contributed by atoms with Crippen LogP contribution in [0.15, 0.2) is 55.0 Å². The highest BCUT2D eigenvalue weighted by atomic mass is 35.5. The summed E-state index contributed by atoms with van der Waals surface area (Å²) in [5.41, 5.74) is 2.82. The Kier molecular flexibility index (Phi) is 7.13. The monoisotopic (exact) mass is 554 g/mol. The van der Waals surface area contributed by atoms with Crippen molar-refractivity contribution in [2.24, 2.45) is 5.92 Å². The Hall–Kier alpha value is -2.92. The van der Waals surface area contributed by atoms with E-state index in [9.17, 15) is 8.42 Å². The molecule has 1 aromatic carbocycles. The molecule has 0 radical (unpaired) electrons. The first kappa shape index (κ1) is 25.4. The molecule has 2 aliphatic rings. The number of aromatic nitrogens is 3. The van der Waals surface area contributed by atoms with E-state index in [1.165, 1.54) is 0 Å². The number of rotatable bonds is 7. The van der Waals surface area contributed by atoms with Crippen molar-refractivity contribution >= 4 is 49.2 Å². The lowest BCUT2D eigenvalue weighted by Gasteiger charge is -2.38. The van der Waals surface area contributed by atoms with E-state index < -0.39 is 10.0 Å². The normalized spacial score (nSPS) is 19.8. The van der Waals surface area contributed by atoms with Gasteiger partial charge in [-0.05, 0) is 49.2 Å². The summed E-state index contributed by atoms with van der Waals surface area (Å²) >= 11 is 5.95. The number of hydrogen-bond acceptors (Lipinski definition) is 7. The van der Waals surface area contributed by atoms with Gasteiger partial charge in [-0.15, -0.1) is 0 Å². The van der Waals surface area contributed by atoms with E-state index in [-0.39, 0.29) is 11.8 Å². The lowest BCUT2D eigenvalue weighted by molar-refractivity contribution is 0.178. The number of sulfonamides is 1. The molecule has 0 spiro atoms. The number of aromatic amines is 1. The number of pyridine rings is 2. The van der Waals surface area contributed by atoms with Crippen LogP contribution in [0.3, 0.4) is 0 Å². The highest BCUT2D eigenvalue weighted by Gasteiger charge is 2.32. The minimum absolute atomic E-state index is 0.0503. The van der Waals surface area contributed by atoms with Crippen molar-refractivity contribution in [1.29, 1.82) is 0 Å². The zero-order valence-electron chi connectivity index (χ0n) is 21.1. The number of piperidine rings is 1. The summed E-state index contributed by atoms with van der Waals surface area (Å²) in [4.78, 5) is 16.5. The number of H-pyrrole nitrogens is 1. The fourth-order valence-corrected chi connectivity index (χ4v) is 7.34. The average molecular weight is 555 g/mol. The summed E-state index contributed by atoms with van der Waals surface area (Å²) in [6, 6.07) is 11.3. The van der Waals surface area contributed by atoms with Crippen molar-refractivity contribution in [2.75, 3.05) is 56.7 Å². The molecule has 3 aromatic heterocycles. The number of anilines is 1. The molecule has 2 aliphatic heterocycles. The van der Waals surface area contributed by atoms with Crippen molar-refractivity contribution in [3.8, 4) is 5.75 Å². The van der Waals surface area contributed by atoms with Gasteiger partial charge in [0.05, 0.1) is 18.3 Å². The quantitative estimate of drug-likeness (QED) is 0.369. The van der Waals surface area contributed by atoms with Gasteiger partial charge in [0.1, 0.15) is 17.3 Å². The number of nitrogens with one attached hydrogen (secondary N) is 1. The fraction of sp³-hybridized carbons (Fsp3) is 0.407. The Balaban J connectivity index is 1.07. The topological polar surface area (TPSA) is 94.7 Å². The molecule has 9 nitrogen and oxygen atoms in total. The van der Waals surface area contributed by atoms with Crippen LogP contribution >= 0.6 is 11.6 Å². The smallest absolute Gasteiger partial charge is 0.227 e. The highest BCUT2D eigenvalue weighted by molar-refractivity contribution is 7.89. The molecule has 2 saturated heterocycles. The van der Waals surface area contributed by atoms with Crippen LogP contribution in [0.5, 0.6) is 5.75 Å². The standard InChI is InChI=1S/C27H31ClN6O3S/c28-21-3-5-22(6-4-21)37-18-20-2-1-11-34(17-20)38(35,36)19-32-12-14-33(15-13-32)25-8-10-29-24-16-31-27-23(26(24)25)7-9-30-27/h3-10,16,20H,1-2,11-15,17-19H2,(H,30,31). The Morgan fingerprint density at radius 2 is 1.84 bits per heavy atom. The van der Waals surface area contributed by atoms with Crippen LogP contribution in [0.1, 0.15) is 12.8 Å². The predicted molar refractivity (Wildman–Crippen MR) is 150 cm³/mol. The molecule has 5 heterocycles. The Labute approximate surface area is 227 Å². The van der Waals surface area contributed by atoms with Gasteiger partial charge in [-0.1, -0.05) is 11.6 Å². The van der Waals surface area contributed by atoms with Gasteiger partial charge in [0.15, 0.2) is 0 Å². The third-order valence-electron chi connectivity index (χ3n) is 7.50. The SMILES string of the molecule is O=S(=O)(CN1CCN(c2ccnc3cnc4[nH]ccc4c23)CC1)N1CCCC(COc2ccc(Cl)cc2)C1. The molecule has 0 bridgehead atoms. The molecular formula is C27H31ClN6O3S. The van der Waals surface area contributed by atoms with E-state index in [4.69, 9.17) is 16.3 Å². The Bertz CT molecular complexity index is 1520. The molecule has 2 fully saturated rings. The first-order valence-electron chi connectivity index (χ1n) is 13.0. The summed E-state index contributed by atoms with van der Waals surface area (Å²) in [7, 11) is -3.40. The first-order valence-corrected chi connectivity index (χ1v) is 15.0. The molecule has 200 valence electrons.